The summed E-state index contributed by atoms with van der Waals surface area (Å²) in [5.41, 5.74) is 1.87. The Morgan fingerprint density at radius 3 is 2.00 bits per heavy atom. The Kier molecular flexibility index (Phi) is 4.53. The molecule has 0 unspecified atom stereocenters. The SMILES string of the molecule is O=C1c2ccccc2C(=O)N1CCCC[C@@H](O)c1ccccc1. The zero-order chi connectivity index (χ0) is 16.2. The molecule has 1 heterocycles. The highest BCUT2D eigenvalue weighted by Gasteiger charge is 2.34. The minimum atomic E-state index is -0.502. The van der Waals surface area contributed by atoms with Gasteiger partial charge in [0.2, 0.25) is 0 Å². The predicted octanol–water partition coefficient (Wildman–Crippen LogP) is 3.19. The summed E-state index contributed by atoms with van der Waals surface area (Å²) in [5.74, 6) is -0.427. The van der Waals surface area contributed by atoms with Gasteiger partial charge in [0.15, 0.2) is 0 Å². The van der Waals surface area contributed by atoms with Crippen LogP contribution in [0.1, 0.15) is 51.6 Å². The van der Waals surface area contributed by atoms with E-state index in [2.05, 4.69) is 0 Å². The molecule has 118 valence electrons. The Morgan fingerprint density at radius 1 is 0.826 bits per heavy atom. The maximum atomic E-state index is 12.2. The van der Waals surface area contributed by atoms with Gasteiger partial charge in [0.25, 0.3) is 11.8 Å². The first kappa shape index (κ1) is 15.4. The van der Waals surface area contributed by atoms with Crippen molar-refractivity contribution in [2.24, 2.45) is 0 Å². The molecule has 0 saturated carbocycles. The molecule has 0 radical (unpaired) electrons. The van der Waals surface area contributed by atoms with Gasteiger partial charge in [-0.1, -0.05) is 42.5 Å². The largest absolute Gasteiger partial charge is 0.388 e. The smallest absolute Gasteiger partial charge is 0.261 e. The van der Waals surface area contributed by atoms with Gasteiger partial charge in [0.1, 0.15) is 0 Å². The molecule has 0 fully saturated rings. The van der Waals surface area contributed by atoms with E-state index in [0.29, 0.717) is 30.5 Å². The van der Waals surface area contributed by atoms with Crippen molar-refractivity contribution in [1.82, 2.24) is 4.90 Å². The van der Waals surface area contributed by atoms with Gasteiger partial charge in [-0.2, -0.15) is 0 Å². The molecule has 0 aliphatic carbocycles. The lowest BCUT2D eigenvalue weighted by atomic mass is 10.0. The van der Waals surface area contributed by atoms with Crippen molar-refractivity contribution in [3.63, 3.8) is 0 Å². The van der Waals surface area contributed by atoms with Crippen LogP contribution in [0.5, 0.6) is 0 Å². The Labute approximate surface area is 135 Å². The summed E-state index contributed by atoms with van der Waals surface area (Å²) in [6.07, 6.45) is 1.56. The fraction of sp³-hybridized carbons (Fsp3) is 0.263. The fourth-order valence-electron chi connectivity index (χ4n) is 2.89. The van der Waals surface area contributed by atoms with Crippen molar-refractivity contribution < 1.29 is 14.7 Å². The molecule has 0 spiro atoms. The number of aliphatic hydroxyl groups is 1. The first-order valence-corrected chi connectivity index (χ1v) is 7.86. The number of hydrogen-bond acceptors (Lipinski definition) is 3. The Hall–Kier alpha value is -2.46. The van der Waals surface area contributed by atoms with Gasteiger partial charge in [0.05, 0.1) is 17.2 Å². The van der Waals surface area contributed by atoms with Gasteiger partial charge in [-0.05, 0) is 37.0 Å². The molecule has 4 nitrogen and oxygen atoms in total. The Bertz CT molecular complexity index is 677. The molecular formula is C19H19NO3. The third-order valence-corrected chi connectivity index (χ3v) is 4.17. The van der Waals surface area contributed by atoms with Gasteiger partial charge >= 0.3 is 0 Å². The molecule has 0 bridgehead atoms. The van der Waals surface area contributed by atoms with Crippen molar-refractivity contribution in [1.29, 1.82) is 0 Å². The first-order chi connectivity index (χ1) is 11.2. The normalized spacial score (nSPS) is 14.9. The van der Waals surface area contributed by atoms with E-state index in [0.717, 1.165) is 12.0 Å². The van der Waals surface area contributed by atoms with Crippen LogP contribution >= 0.6 is 0 Å². The fourth-order valence-corrected chi connectivity index (χ4v) is 2.89. The Balaban J connectivity index is 1.50. The van der Waals surface area contributed by atoms with Gasteiger partial charge < -0.3 is 5.11 Å². The summed E-state index contributed by atoms with van der Waals surface area (Å²) in [6.45, 7) is 0.397. The van der Waals surface area contributed by atoms with Gasteiger partial charge in [-0.25, -0.2) is 0 Å². The third kappa shape index (κ3) is 3.17. The summed E-state index contributed by atoms with van der Waals surface area (Å²) in [4.78, 5) is 25.7. The van der Waals surface area contributed by atoms with Crippen LogP contribution in [0.2, 0.25) is 0 Å². The monoisotopic (exact) mass is 309 g/mol. The molecule has 2 amide bonds. The lowest BCUT2D eigenvalue weighted by Crippen LogP contribution is -2.30. The molecule has 4 heteroatoms. The topological polar surface area (TPSA) is 57.6 Å². The molecule has 1 aliphatic heterocycles. The average Bonchev–Trinajstić information content (AvgIpc) is 2.84. The molecule has 23 heavy (non-hydrogen) atoms. The lowest BCUT2D eigenvalue weighted by Gasteiger charge is -2.15. The number of carbonyl (C=O) groups excluding carboxylic acids is 2. The van der Waals surface area contributed by atoms with Crippen LogP contribution in [-0.4, -0.2) is 28.4 Å². The minimum Gasteiger partial charge on any atom is -0.388 e. The minimum absolute atomic E-state index is 0.214. The molecule has 0 saturated heterocycles. The van der Waals surface area contributed by atoms with Crippen molar-refractivity contribution in [2.45, 2.75) is 25.4 Å². The number of aliphatic hydroxyl groups excluding tert-OH is 1. The van der Waals surface area contributed by atoms with Crippen molar-refractivity contribution in [3.05, 3.63) is 71.3 Å². The van der Waals surface area contributed by atoms with E-state index >= 15 is 0 Å². The highest BCUT2D eigenvalue weighted by atomic mass is 16.3. The number of amides is 2. The van der Waals surface area contributed by atoms with Crippen LogP contribution in [0.3, 0.4) is 0 Å². The third-order valence-electron chi connectivity index (χ3n) is 4.17. The van der Waals surface area contributed by atoms with Crippen LogP contribution in [-0.2, 0) is 0 Å². The van der Waals surface area contributed by atoms with E-state index in [4.69, 9.17) is 0 Å². The van der Waals surface area contributed by atoms with Crippen LogP contribution in [0.15, 0.2) is 54.6 Å². The summed E-state index contributed by atoms with van der Waals surface area (Å²) >= 11 is 0. The van der Waals surface area contributed by atoms with E-state index < -0.39 is 6.10 Å². The number of unbranched alkanes of at least 4 members (excludes halogenated alkanes) is 1. The first-order valence-electron chi connectivity index (χ1n) is 7.86. The quantitative estimate of drug-likeness (QED) is 0.658. The Morgan fingerprint density at radius 2 is 1.39 bits per heavy atom. The molecule has 2 aromatic rings. The lowest BCUT2D eigenvalue weighted by molar-refractivity contribution is 0.0649. The van der Waals surface area contributed by atoms with E-state index in [1.807, 2.05) is 30.3 Å². The van der Waals surface area contributed by atoms with Crippen molar-refractivity contribution >= 4 is 11.8 Å². The summed E-state index contributed by atoms with van der Waals surface area (Å²) in [6, 6.07) is 16.4. The highest BCUT2D eigenvalue weighted by Crippen LogP contribution is 2.24. The van der Waals surface area contributed by atoms with Crippen LogP contribution in [0, 0.1) is 0 Å². The standard InChI is InChI=1S/C19H19NO3/c21-17(14-8-2-1-3-9-14)12-6-7-13-20-18(22)15-10-4-5-11-16(15)19(20)23/h1-5,8-11,17,21H,6-7,12-13H2/t17-/m1/s1. The summed E-state index contributed by atoms with van der Waals surface area (Å²) < 4.78 is 0. The summed E-state index contributed by atoms with van der Waals surface area (Å²) in [5, 5.41) is 10.1. The van der Waals surface area contributed by atoms with Crippen LogP contribution < -0.4 is 0 Å². The second kappa shape index (κ2) is 6.75. The molecular weight excluding hydrogens is 290 g/mol. The van der Waals surface area contributed by atoms with E-state index in [9.17, 15) is 14.7 Å². The van der Waals surface area contributed by atoms with E-state index in [1.54, 1.807) is 24.3 Å². The number of carbonyl (C=O) groups is 2. The maximum absolute atomic E-state index is 12.2. The predicted molar refractivity (Wildman–Crippen MR) is 87.1 cm³/mol. The molecule has 0 aromatic heterocycles. The van der Waals surface area contributed by atoms with E-state index in [-0.39, 0.29) is 11.8 Å². The number of hydrogen-bond donors (Lipinski definition) is 1. The molecule has 2 aromatic carbocycles. The number of nitrogens with zero attached hydrogens (tertiary/aromatic N) is 1. The molecule has 1 aliphatic rings. The second-order valence-electron chi connectivity index (χ2n) is 5.73. The van der Waals surface area contributed by atoms with Gasteiger partial charge in [-0.15, -0.1) is 0 Å². The molecule has 1 N–H and O–H groups in total. The van der Waals surface area contributed by atoms with E-state index in [1.165, 1.54) is 4.90 Å². The highest BCUT2D eigenvalue weighted by molar-refractivity contribution is 6.21. The molecule has 1 atom stereocenters. The maximum Gasteiger partial charge on any atom is 0.261 e. The zero-order valence-electron chi connectivity index (χ0n) is 12.8. The number of rotatable bonds is 6. The number of fused-ring (bicyclic) bond motifs is 1. The number of benzene rings is 2. The second-order valence-corrected chi connectivity index (χ2v) is 5.73. The van der Waals surface area contributed by atoms with Crippen molar-refractivity contribution in [2.75, 3.05) is 6.54 Å². The average molecular weight is 309 g/mol. The van der Waals surface area contributed by atoms with Gasteiger partial charge in [-0.3, -0.25) is 14.5 Å². The van der Waals surface area contributed by atoms with Gasteiger partial charge in [0, 0.05) is 6.54 Å². The number of imide groups is 1. The summed E-state index contributed by atoms with van der Waals surface area (Å²) in [7, 11) is 0. The van der Waals surface area contributed by atoms with Crippen LogP contribution in [0.25, 0.3) is 0 Å². The molecule has 3 rings (SSSR count). The van der Waals surface area contributed by atoms with Crippen LogP contribution in [0.4, 0.5) is 0 Å². The zero-order valence-corrected chi connectivity index (χ0v) is 12.8. The van der Waals surface area contributed by atoms with Crippen molar-refractivity contribution in [3.8, 4) is 0 Å².